The second-order valence-corrected chi connectivity index (χ2v) is 3.78. The predicted octanol–water partition coefficient (Wildman–Crippen LogP) is 3.33. The molecule has 0 N–H and O–H groups in total. The summed E-state index contributed by atoms with van der Waals surface area (Å²) in [7, 11) is 0. The number of alkyl halides is 2. The molecule has 0 spiro atoms. The fraction of sp³-hybridized carbons (Fsp3) is 0.750. The quantitative estimate of drug-likeness (QED) is 0.395. The molecule has 2 atom stereocenters. The summed E-state index contributed by atoms with van der Waals surface area (Å²) < 4.78 is 0. The molecule has 0 heterocycles. The summed E-state index contributed by atoms with van der Waals surface area (Å²) in [6, 6.07) is 0. The van der Waals surface area contributed by atoms with Crippen LogP contribution in [0.15, 0.2) is 12.2 Å². The minimum Gasteiger partial charge on any atom is -0.121 e. The highest BCUT2D eigenvalue weighted by molar-refractivity contribution is 6.29. The predicted molar refractivity (Wildman–Crippen MR) is 46.9 cm³/mol. The molecule has 0 nitrogen and oxygen atoms in total. The lowest BCUT2D eigenvalue weighted by atomic mass is 10.1. The van der Waals surface area contributed by atoms with Crippen LogP contribution < -0.4 is 0 Å². The molecule has 58 valence electrons. The van der Waals surface area contributed by atoms with Crippen LogP contribution in [-0.4, -0.2) is 10.8 Å². The Bertz CT molecular complexity index is 106. The minimum atomic E-state index is 0.173. The van der Waals surface area contributed by atoms with Crippen molar-refractivity contribution in [1.82, 2.24) is 0 Å². The number of halogens is 2. The van der Waals surface area contributed by atoms with E-state index >= 15 is 0 Å². The summed E-state index contributed by atoms with van der Waals surface area (Å²) >= 11 is 12.0. The second kappa shape index (κ2) is 4.25. The van der Waals surface area contributed by atoms with Crippen LogP contribution in [0.25, 0.3) is 0 Å². The Kier molecular flexibility index (Phi) is 3.58. The van der Waals surface area contributed by atoms with Crippen LogP contribution in [0.3, 0.4) is 0 Å². The zero-order valence-corrected chi connectivity index (χ0v) is 7.41. The van der Waals surface area contributed by atoms with Gasteiger partial charge in [-0.15, -0.1) is 23.2 Å². The maximum atomic E-state index is 5.98. The van der Waals surface area contributed by atoms with Crippen LogP contribution in [0.1, 0.15) is 25.7 Å². The van der Waals surface area contributed by atoms with Gasteiger partial charge in [0.05, 0.1) is 10.8 Å². The van der Waals surface area contributed by atoms with E-state index in [2.05, 4.69) is 12.2 Å². The smallest absolute Gasteiger partial charge is 0.0502 e. The van der Waals surface area contributed by atoms with Crippen LogP contribution in [0, 0.1) is 0 Å². The highest BCUT2D eigenvalue weighted by Gasteiger charge is 2.15. The maximum Gasteiger partial charge on any atom is 0.0502 e. The van der Waals surface area contributed by atoms with Gasteiger partial charge in [0.25, 0.3) is 0 Å². The molecular formula is C8H12Cl2. The van der Waals surface area contributed by atoms with E-state index in [-0.39, 0.29) is 10.8 Å². The van der Waals surface area contributed by atoms with Gasteiger partial charge in [0.15, 0.2) is 0 Å². The van der Waals surface area contributed by atoms with Gasteiger partial charge in [-0.25, -0.2) is 0 Å². The maximum absolute atomic E-state index is 5.98. The van der Waals surface area contributed by atoms with Crippen LogP contribution in [-0.2, 0) is 0 Å². The van der Waals surface area contributed by atoms with E-state index in [1.807, 2.05) is 0 Å². The summed E-state index contributed by atoms with van der Waals surface area (Å²) in [6.45, 7) is 0. The van der Waals surface area contributed by atoms with Crippen LogP contribution in [0.2, 0.25) is 0 Å². The molecule has 0 fully saturated rings. The molecule has 1 aliphatic carbocycles. The van der Waals surface area contributed by atoms with Crippen LogP contribution in [0.4, 0.5) is 0 Å². The Hall–Kier alpha value is 0.320. The van der Waals surface area contributed by atoms with E-state index < -0.39 is 0 Å². The largest absolute Gasteiger partial charge is 0.121 e. The number of allylic oxidation sites excluding steroid dienone is 2. The molecule has 2 unspecified atom stereocenters. The van der Waals surface area contributed by atoms with Crippen LogP contribution in [0.5, 0.6) is 0 Å². The van der Waals surface area contributed by atoms with Gasteiger partial charge < -0.3 is 0 Å². The van der Waals surface area contributed by atoms with Crippen molar-refractivity contribution >= 4 is 23.2 Å². The van der Waals surface area contributed by atoms with Crippen molar-refractivity contribution in [3.63, 3.8) is 0 Å². The topological polar surface area (TPSA) is 0 Å². The third kappa shape index (κ3) is 2.51. The number of hydrogen-bond donors (Lipinski definition) is 0. The molecule has 0 saturated carbocycles. The van der Waals surface area contributed by atoms with E-state index in [1.54, 1.807) is 0 Å². The van der Waals surface area contributed by atoms with Crippen LogP contribution >= 0.6 is 23.2 Å². The average molecular weight is 179 g/mol. The Morgan fingerprint density at radius 3 is 1.70 bits per heavy atom. The van der Waals surface area contributed by atoms with Gasteiger partial charge in [0.2, 0.25) is 0 Å². The fourth-order valence-corrected chi connectivity index (χ4v) is 1.61. The third-order valence-corrected chi connectivity index (χ3v) is 2.95. The van der Waals surface area contributed by atoms with Gasteiger partial charge >= 0.3 is 0 Å². The van der Waals surface area contributed by atoms with Crippen molar-refractivity contribution in [2.45, 2.75) is 36.4 Å². The molecule has 0 bridgehead atoms. The first kappa shape index (κ1) is 8.42. The van der Waals surface area contributed by atoms with Crippen molar-refractivity contribution in [2.75, 3.05) is 0 Å². The first-order valence-electron chi connectivity index (χ1n) is 3.74. The molecule has 1 aliphatic rings. The molecule has 0 amide bonds. The molecule has 10 heavy (non-hydrogen) atoms. The van der Waals surface area contributed by atoms with E-state index in [4.69, 9.17) is 23.2 Å². The Morgan fingerprint density at radius 1 is 0.900 bits per heavy atom. The Balaban J connectivity index is 2.40. The van der Waals surface area contributed by atoms with Gasteiger partial charge in [0.1, 0.15) is 0 Å². The molecular weight excluding hydrogens is 167 g/mol. The summed E-state index contributed by atoms with van der Waals surface area (Å²) in [5, 5.41) is 0.346. The molecule has 1 rings (SSSR count). The first-order chi connectivity index (χ1) is 4.80. The number of rotatable bonds is 0. The lowest BCUT2D eigenvalue weighted by Gasteiger charge is -2.15. The summed E-state index contributed by atoms with van der Waals surface area (Å²) in [5.74, 6) is 0. The third-order valence-electron chi connectivity index (χ3n) is 1.78. The molecule has 2 heteroatoms. The molecule has 0 radical (unpaired) electrons. The van der Waals surface area contributed by atoms with E-state index in [1.165, 1.54) is 0 Å². The average Bonchev–Trinajstić information content (AvgIpc) is 1.92. The Labute approximate surface area is 72.2 Å². The second-order valence-electron chi connectivity index (χ2n) is 2.66. The monoisotopic (exact) mass is 178 g/mol. The lowest BCUT2D eigenvalue weighted by molar-refractivity contribution is 0.654. The molecule has 0 aromatic carbocycles. The molecule has 0 saturated heterocycles. The normalized spacial score (nSPS) is 38.2. The molecule has 0 aliphatic heterocycles. The first-order valence-corrected chi connectivity index (χ1v) is 4.61. The van der Waals surface area contributed by atoms with Crippen molar-refractivity contribution in [3.05, 3.63) is 12.2 Å². The van der Waals surface area contributed by atoms with Gasteiger partial charge in [-0.3, -0.25) is 0 Å². The molecule has 0 aromatic rings. The fourth-order valence-electron chi connectivity index (χ4n) is 1.11. The summed E-state index contributed by atoms with van der Waals surface area (Å²) in [4.78, 5) is 0. The zero-order valence-electron chi connectivity index (χ0n) is 5.89. The van der Waals surface area contributed by atoms with Gasteiger partial charge in [-0.2, -0.15) is 0 Å². The standard InChI is InChI=1S/C8H12Cl2/c9-7-5-3-1-2-4-6-8(7)10/h1-2,7-8H,3-6H2/b2-1-. The number of hydrogen-bond acceptors (Lipinski definition) is 0. The Morgan fingerprint density at radius 2 is 1.30 bits per heavy atom. The van der Waals surface area contributed by atoms with Gasteiger partial charge in [-0.05, 0) is 25.7 Å². The molecule has 0 aromatic heterocycles. The van der Waals surface area contributed by atoms with Crippen molar-refractivity contribution in [3.8, 4) is 0 Å². The van der Waals surface area contributed by atoms with Gasteiger partial charge in [-0.1, -0.05) is 12.2 Å². The highest BCUT2D eigenvalue weighted by atomic mass is 35.5. The van der Waals surface area contributed by atoms with E-state index in [9.17, 15) is 0 Å². The minimum absolute atomic E-state index is 0.173. The van der Waals surface area contributed by atoms with E-state index in [0.29, 0.717) is 0 Å². The van der Waals surface area contributed by atoms with Crippen molar-refractivity contribution < 1.29 is 0 Å². The zero-order chi connectivity index (χ0) is 7.40. The van der Waals surface area contributed by atoms with E-state index in [0.717, 1.165) is 25.7 Å². The summed E-state index contributed by atoms with van der Waals surface area (Å²) in [5.41, 5.74) is 0. The summed E-state index contributed by atoms with van der Waals surface area (Å²) in [6.07, 6.45) is 8.59. The van der Waals surface area contributed by atoms with Crippen molar-refractivity contribution in [1.29, 1.82) is 0 Å². The highest BCUT2D eigenvalue weighted by Crippen LogP contribution is 2.22. The van der Waals surface area contributed by atoms with Crippen molar-refractivity contribution in [2.24, 2.45) is 0 Å². The lowest BCUT2D eigenvalue weighted by Crippen LogP contribution is -2.15. The SMILES string of the molecule is ClC1CC/C=C\CCC1Cl. The van der Waals surface area contributed by atoms with Gasteiger partial charge in [0, 0.05) is 0 Å².